The maximum atomic E-state index is 2.38. The third-order valence-corrected chi connectivity index (χ3v) is 3.22. The zero-order valence-electron chi connectivity index (χ0n) is 11.1. The van der Waals surface area contributed by atoms with Crippen LogP contribution in [0.2, 0.25) is 0 Å². The fraction of sp³-hybridized carbons (Fsp3) is 0.571. The Labute approximate surface area is 99.9 Å². The van der Waals surface area contributed by atoms with E-state index >= 15 is 0 Å². The first-order valence-electron chi connectivity index (χ1n) is 6.00. The van der Waals surface area contributed by atoms with E-state index < -0.39 is 0 Å². The number of hydrogen-bond donors (Lipinski definition) is 0. The van der Waals surface area contributed by atoms with Crippen molar-refractivity contribution in [3.05, 3.63) is 36.1 Å². The van der Waals surface area contributed by atoms with E-state index in [4.69, 9.17) is 0 Å². The van der Waals surface area contributed by atoms with E-state index in [1.807, 2.05) is 0 Å². The van der Waals surface area contributed by atoms with Gasteiger partial charge >= 0.3 is 0 Å². The van der Waals surface area contributed by atoms with E-state index in [-0.39, 0.29) is 0 Å². The average molecular weight is 220 g/mol. The van der Waals surface area contributed by atoms with Crippen LogP contribution in [0.4, 0.5) is 0 Å². The lowest BCUT2D eigenvalue weighted by molar-refractivity contribution is 0.356. The molecule has 0 fully saturated rings. The van der Waals surface area contributed by atoms with E-state index in [1.165, 1.54) is 5.57 Å². The first-order chi connectivity index (χ1) is 7.56. The monoisotopic (exact) mass is 220 g/mol. The number of hydrogen-bond acceptors (Lipinski definition) is 2. The molecule has 0 spiro atoms. The summed E-state index contributed by atoms with van der Waals surface area (Å²) in [4.78, 5) is 4.50. The molecular weight excluding hydrogens is 196 g/mol. The van der Waals surface area contributed by atoms with Gasteiger partial charge < -0.3 is 9.80 Å². The van der Waals surface area contributed by atoms with E-state index in [0.717, 1.165) is 6.42 Å². The van der Waals surface area contributed by atoms with Gasteiger partial charge in [0.05, 0.1) is 6.04 Å². The second-order valence-corrected chi connectivity index (χ2v) is 4.64. The quantitative estimate of drug-likeness (QED) is 0.672. The third kappa shape index (κ3) is 3.24. The van der Waals surface area contributed by atoms with Gasteiger partial charge in [0.2, 0.25) is 0 Å². The lowest BCUT2D eigenvalue weighted by Crippen LogP contribution is -2.30. The van der Waals surface area contributed by atoms with Crippen LogP contribution in [0, 0.1) is 0 Å². The molecule has 0 bridgehead atoms. The fourth-order valence-electron chi connectivity index (χ4n) is 1.85. The van der Waals surface area contributed by atoms with Crippen LogP contribution in [0.3, 0.4) is 0 Å². The highest BCUT2D eigenvalue weighted by atomic mass is 15.1. The van der Waals surface area contributed by atoms with Crippen molar-refractivity contribution in [2.24, 2.45) is 0 Å². The zero-order valence-corrected chi connectivity index (χ0v) is 11.1. The summed E-state index contributed by atoms with van der Waals surface area (Å²) in [7, 11) is 6.37. The second kappa shape index (κ2) is 5.90. The predicted octanol–water partition coefficient (Wildman–Crippen LogP) is 2.66. The normalized spacial score (nSPS) is 23.0. The molecule has 0 aromatic heterocycles. The largest absolute Gasteiger partial charge is 0.370 e. The summed E-state index contributed by atoms with van der Waals surface area (Å²) in [5.41, 5.74) is 1.49. The Balaban J connectivity index is 2.81. The topological polar surface area (TPSA) is 6.48 Å². The molecule has 0 N–H and O–H groups in total. The molecule has 0 saturated carbocycles. The highest BCUT2D eigenvalue weighted by molar-refractivity contribution is 5.26. The molecule has 2 atom stereocenters. The SMILES string of the molecule is CC/C(=C\C(C)N(C)C)C1C=CC=CN1C. The van der Waals surface area contributed by atoms with E-state index in [0.29, 0.717) is 12.1 Å². The number of likely N-dealkylation sites (N-methyl/N-ethyl adjacent to an activating group) is 2. The van der Waals surface area contributed by atoms with Gasteiger partial charge in [-0.1, -0.05) is 25.2 Å². The van der Waals surface area contributed by atoms with Gasteiger partial charge in [-0.3, -0.25) is 0 Å². The molecule has 0 aromatic rings. The minimum Gasteiger partial charge on any atom is -0.370 e. The van der Waals surface area contributed by atoms with Crippen molar-refractivity contribution in [3.8, 4) is 0 Å². The van der Waals surface area contributed by atoms with Gasteiger partial charge in [-0.15, -0.1) is 0 Å². The highest BCUT2D eigenvalue weighted by Crippen LogP contribution is 2.19. The standard InChI is InChI=1S/C14H24N2/c1-6-13(11-12(2)15(3)4)14-9-7-8-10-16(14)5/h7-12,14H,6H2,1-5H3/b13-11+. The van der Waals surface area contributed by atoms with Crippen molar-refractivity contribution in [2.75, 3.05) is 21.1 Å². The van der Waals surface area contributed by atoms with Gasteiger partial charge in [-0.25, -0.2) is 0 Å². The maximum absolute atomic E-state index is 2.38. The summed E-state index contributed by atoms with van der Waals surface area (Å²) in [6, 6.07) is 0.917. The smallest absolute Gasteiger partial charge is 0.0681 e. The summed E-state index contributed by atoms with van der Waals surface area (Å²) in [6.07, 6.45) is 12.1. The van der Waals surface area contributed by atoms with Crippen molar-refractivity contribution in [3.63, 3.8) is 0 Å². The van der Waals surface area contributed by atoms with Gasteiger partial charge in [-0.2, -0.15) is 0 Å². The van der Waals surface area contributed by atoms with E-state index in [1.54, 1.807) is 0 Å². The third-order valence-electron chi connectivity index (χ3n) is 3.22. The summed E-state index contributed by atoms with van der Waals surface area (Å²) in [5.74, 6) is 0. The molecule has 2 nitrogen and oxygen atoms in total. The zero-order chi connectivity index (χ0) is 12.1. The molecule has 1 heterocycles. The second-order valence-electron chi connectivity index (χ2n) is 4.64. The first kappa shape index (κ1) is 13.0. The van der Waals surface area contributed by atoms with Crippen LogP contribution in [0.15, 0.2) is 36.1 Å². The van der Waals surface area contributed by atoms with Gasteiger partial charge in [0.15, 0.2) is 0 Å². The molecule has 2 heteroatoms. The highest BCUT2D eigenvalue weighted by Gasteiger charge is 2.15. The molecule has 1 rings (SSSR count). The molecule has 90 valence electrons. The predicted molar refractivity (Wildman–Crippen MR) is 71.4 cm³/mol. The van der Waals surface area contributed by atoms with Gasteiger partial charge in [0.1, 0.15) is 0 Å². The summed E-state index contributed by atoms with van der Waals surface area (Å²) < 4.78 is 0. The average Bonchev–Trinajstić information content (AvgIpc) is 2.26. The number of rotatable bonds is 4. The molecule has 0 saturated heterocycles. The lowest BCUT2D eigenvalue weighted by Gasteiger charge is -2.29. The van der Waals surface area contributed by atoms with Crippen molar-refractivity contribution in [1.82, 2.24) is 9.80 Å². The fourth-order valence-corrected chi connectivity index (χ4v) is 1.85. The lowest BCUT2D eigenvalue weighted by atomic mass is 9.99. The minimum atomic E-state index is 0.428. The van der Waals surface area contributed by atoms with Gasteiger partial charge in [-0.05, 0) is 45.3 Å². The summed E-state index contributed by atoms with van der Waals surface area (Å²) >= 11 is 0. The van der Waals surface area contributed by atoms with Crippen LogP contribution < -0.4 is 0 Å². The van der Waals surface area contributed by atoms with Crippen molar-refractivity contribution in [1.29, 1.82) is 0 Å². The maximum Gasteiger partial charge on any atom is 0.0681 e. The molecule has 1 aliphatic heterocycles. The Hall–Kier alpha value is -1.02. The molecule has 1 aliphatic rings. The van der Waals surface area contributed by atoms with Crippen LogP contribution >= 0.6 is 0 Å². The minimum absolute atomic E-state index is 0.428. The van der Waals surface area contributed by atoms with Crippen LogP contribution in [-0.2, 0) is 0 Å². The Morgan fingerprint density at radius 2 is 2.12 bits per heavy atom. The molecule has 0 aliphatic carbocycles. The first-order valence-corrected chi connectivity index (χ1v) is 6.00. The van der Waals surface area contributed by atoms with Crippen LogP contribution in [0.5, 0.6) is 0 Å². The Bertz CT molecular complexity index is 300. The van der Waals surface area contributed by atoms with Gasteiger partial charge in [0.25, 0.3) is 0 Å². The van der Waals surface area contributed by atoms with Crippen LogP contribution in [0.25, 0.3) is 0 Å². The van der Waals surface area contributed by atoms with Crippen LogP contribution in [0.1, 0.15) is 20.3 Å². The van der Waals surface area contributed by atoms with E-state index in [2.05, 4.69) is 75.3 Å². The summed E-state index contributed by atoms with van der Waals surface area (Å²) in [6.45, 7) is 4.46. The number of allylic oxidation sites excluding steroid dienone is 2. The molecule has 2 unspecified atom stereocenters. The molecule has 0 aromatic carbocycles. The molecule has 16 heavy (non-hydrogen) atoms. The number of nitrogens with zero attached hydrogens (tertiary/aromatic N) is 2. The van der Waals surface area contributed by atoms with Gasteiger partial charge in [0, 0.05) is 13.1 Å². The van der Waals surface area contributed by atoms with E-state index in [9.17, 15) is 0 Å². The van der Waals surface area contributed by atoms with Crippen LogP contribution in [-0.4, -0.2) is 43.0 Å². The summed E-state index contributed by atoms with van der Waals surface area (Å²) in [5, 5.41) is 0. The Morgan fingerprint density at radius 3 is 2.62 bits per heavy atom. The van der Waals surface area contributed by atoms with Crippen molar-refractivity contribution < 1.29 is 0 Å². The Morgan fingerprint density at radius 1 is 1.44 bits per heavy atom. The Kier molecular flexibility index (Phi) is 4.81. The van der Waals surface area contributed by atoms with Crippen molar-refractivity contribution in [2.45, 2.75) is 32.4 Å². The molecule has 0 amide bonds. The molecular formula is C14H24N2. The van der Waals surface area contributed by atoms with Crippen molar-refractivity contribution >= 4 is 0 Å². The molecule has 0 radical (unpaired) electrons.